The Morgan fingerprint density at radius 2 is 0.844 bits per heavy atom. The molecule has 0 heterocycles. The molecule has 2 N–H and O–H groups in total. The molecule has 0 aliphatic heterocycles. The number of phosphoric acid groups is 1. The van der Waals surface area contributed by atoms with Crippen molar-refractivity contribution in [1.82, 2.24) is 5.32 Å². The first kappa shape index (κ1) is 63.2. The molecule has 0 aliphatic carbocycles. The van der Waals surface area contributed by atoms with Gasteiger partial charge in [-0.05, 0) is 19.3 Å². The van der Waals surface area contributed by atoms with Crippen LogP contribution in [0.15, 0.2) is 12.2 Å². The summed E-state index contributed by atoms with van der Waals surface area (Å²) >= 11 is 0. The summed E-state index contributed by atoms with van der Waals surface area (Å²) in [6.45, 7) is 4.65. The second kappa shape index (κ2) is 47.3. The molecule has 8 nitrogen and oxygen atoms in total. The molecule has 0 aromatic rings. The third-order valence-corrected chi connectivity index (χ3v) is 14.0. The van der Waals surface area contributed by atoms with Crippen LogP contribution in [0.1, 0.15) is 284 Å². The van der Waals surface area contributed by atoms with Gasteiger partial charge in [0.05, 0.1) is 39.9 Å². The van der Waals surface area contributed by atoms with E-state index in [-0.39, 0.29) is 19.1 Å². The van der Waals surface area contributed by atoms with Crippen LogP contribution in [0, 0.1) is 0 Å². The van der Waals surface area contributed by atoms with Crippen molar-refractivity contribution < 1.29 is 32.9 Å². The van der Waals surface area contributed by atoms with Crippen LogP contribution in [0.3, 0.4) is 0 Å². The maximum absolute atomic E-state index is 12.9. The van der Waals surface area contributed by atoms with Crippen molar-refractivity contribution in [1.29, 1.82) is 0 Å². The number of unbranched alkanes of at least 4 members (excludes halogenated alkanes) is 39. The van der Waals surface area contributed by atoms with Gasteiger partial charge in [0.15, 0.2) is 0 Å². The molecule has 0 rings (SSSR count). The Morgan fingerprint density at radius 3 is 1.17 bits per heavy atom. The Hall–Kier alpha value is -0.760. The zero-order chi connectivity index (χ0) is 47.1. The number of aliphatic hydroxyl groups excluding tert-OH is 1. The van der Waals surface area contributed by atoms with Crippen molar-refractivity contribution in [2.45, 2.75) is 296 Å². The lowest BCUT2D eigenvalue weighted by molar-refractivity contribution is -0.870. The van der Waals surface area contributed by atoms with Crippen LogP contribution in [0.25, 0.3) is 0 Å². The van der Waals surface area contributed by atoms with E-state index in [0.717, 1.165) is 38.5 Å². The van der Waals surface area contributed by atoms with Crippen molar-refractivity contribution in [3.05, 3.63) is 12.2 Å². The monoisotopic (exact) mass is 927 g/mol. The fourth-order valence-corrected chi connectivity index (χ4v) is 9.29. The predicted molar refractivity (Wildman–Crippen MR) is 275 cm³/mol. The van der Waals surface area contributed by atoms with Crippen LogP contribution >= 0.6 is 7.82 Å². The predicted octanol–water partition coefficient (Wildman–Crippen LogP) is 16.0. The normalized spacial score (nSPS) is 14.0. The molecule has 0 aliphatic rings. The minimum Gasteiger partial charge on any atom is -0.756 e. The second-order valence-electron chi connectivity index (χ2n) is 20.7. The summed E-state index contributed by atoms with van der Waals surface area (Å²) in [5.74, 6) is -0.194. The summed E-state index contributed by atoms with van der Waals surface area (Å²) in [6.07, 6.45) is 57.5. The maximum Gasteiger partial charge on any atom is 0.268 e. The molecule has 3 unspecified atom stereocenters. The van der Waals surface area contributed by atoms with Crippen LogP contribution in [-0.2, 0) is 18.4 Å². The van der Waals surface area contributed by atoms with E-state index in [9.17, 15) is 19.4 Å². The lowest BCUT2D eigenvalue weighted by Crippen LogP contribution is -2.45. The Morgan fingerprint density at radius 1 is 0.531 bits per heavy atom. The molecule has 9 heteroatoms. The number of rotatable bonds is 52. The summed E-state index contributed by atoms with van der Waals surface area (Å²) in [5.41, 5.74) is 0. The number of amides is 1. The van der Waals surface area contributed by atoms with Crippen LogP contribution in [0.5, 0.6) is 0 Å². The van der Waals surface area contributed by atoms with Crippen LogP contribution in [0.4, 0.5) is 0 Å². The molecule has 0 fully saturated rings. The fourth-order valence-electron chi connectivity index (χ4n) is 8.57. The van der Waals surface area contributed by atoms with Gasteiger partial charge in [-0.15, -0.1) is 0 Å². The van der Waals surface area contributed by atoms with E-state index in [0.29, 0.717) is 17.4 Å². The molecule has 1 amide bonds. The molecule has 0 aromatic carbocycles. The number of carbonyl (C=O) groups is 1. The number of allylic oxidation sites excluding steroid dienone is 1. The Balaban J connectivity index is 3.86. The lowest BCUT2D eigenvalue weighted by atomic mass is 10.0. The van der Waals surface area contributed by atoms with E-state index in [1.54, 1.807) is 6.08 Å². The Bertz CT molecular complexity index is 1050. The van der Waals surface area contributed by atoms with Crippen molar-refractivity contribution in [2.75, 3.05) is 40.9 Å². The topological polar surface area (TPSA) is 108 Å². The lowest BCUT2D eigenvalue weighted by Gasteiger charge is -2.29. The quantitative estimate of drug-likeness (QED) is 0.0272. The van der Waals surface area contributed by atoms with Gasteiger partial charge in [0.1, 0.15) is 13.2 Å². The van der Waals surface area contributed by atoms with Gasteiger partial charge in [0, 0.05) is 6.42 Å². The zero-order valence-corrected chi connectivity index (χ0v) is 44.4. The highest BCUT2D eigenvalue weighted by Gasteiger charge is 2.23. The van der Waals surface area contributed by atoms with Crippen molar-refractivity contribution in [3.63, 3.8) is 0 Å². The number of nitrogens with one attached hydrogen (secondary N) is 1. The summed E-state index contributed by atoms with van der Waals surface area (Å²) in [7, 11) is 1.27. The Labute approximate surface area is 399 Å². The number of nitrogens with zero attached hydrogens (tertiary/aromatic N) is 1. The van der Waals surface area contributed by atoms with Gasteiger partial charge < -0.3 is 28.8 Å². The van der Waals surface area contributed by atoms with E-state index in [2.05, 4.69) is 19.2 Å². The first-order chi connectivity index (χ1) is 31.0. The molecule has 0 spiro atoms. The van der Waals surface area contributed by atoms with Gasteiger partial charge in [-0.3, -0.25) is 9.36 Å². The third-order valence-electron chi connectivity index (χ3n) is 13.0. The molecule has 0 bridgehead atoms. The molecule has 0 aromatic heterocycles. The molecule has 382 valence electrons. The summed E-state index contributed by atoms with van der Waals surface area (Å²) in [4.78, 5) is 25.3. The molecular formula is C55H111N2O6P. The molecular weight excluding hydrogens is 816 g/mol. The highest BCUT2D eigenvalue weighted by atomic mass is 31.2. The maximum atomic E-state index is 12.9. The van der Waals surface area contributed by atoms with Gasteiger partial charge >= 0.3 is 0 Å². The molecule has 0 radical (unpaired) electrons. The number of carbonyl (C=O) groups excluding carboxylic acids is 1. The van der Waals surface area contributed by atoms with E-state index in [1.807, 2.05) is 27.2 Å². The van der Waals surface area contributed by atoms with Crippen molar-refractivity contribution in [2.24, 2.45) is 0 Å². The largest absolute Gasteiger partial charge is 0.756 e. The van der Waals surface area contributed by atoms with E-state index < -0.39 is 20.0 Å². The number of aliphatic hydroxyl groups is 1. The minimum atomic E-state index is -4.58. The highest BCUT2D eigenvalue weighted by Crippen LogP contribution is 2.38. The number of quaternary nitrogens is 1. The average molecular weight is 927 g/mol. The highest BCUT2D eigenvalue weighted by molar-refractivity contribution is 7.45. The molecule has 3 atom stereocenters. The van der Waals surface area contributed by atoms with E-state index >= 15 is 0 Å². The number of phosphoric ester groups is 1. The van der Waals surface area contributed by atoms with Gasteiger partial charge in [0.25, 0.3) is 7.82 Å². The van der Waals surface area contributed by atoms with Gasteiger partial charge in [-0.25, -0.2) is 0 Å². The van der Waals surface area contributed by atoms with Crippen LogP contribution in [-0.4, -0.2) is 68.5 Å². The van der Waals surface area contributed by atoms with Crippen molar-refractivity contribution in [3.8, 4) is 0 Å². The smallest absolute Gasteiger partial charge is 0.268 e. The SMILES string of the molecule is CCCCCCCCC/C=C/C(O)C(COP(=O)([O-])OCC[N+](C)(C)C)NC(=O)CCCCCCCCCCCCCCCCCCCCCCCCCCCCCCCCCCC. The van der Waals surface area contributed by atoms with Crippen LogP contribution < -0.4 is 10.2 Å². The number of likely N-dealkylation sites (N-methyl/N-ethyl adjacent to an activating group) is 1. The third kappa shape index (κ3) is 49.2. The first-order valence-electron chi connectivity index (χ1n) is 28.1. The number of hydrogen-bond acceptors (Lipinski definition) is 6. The van der Waals surface area contributed by atoms with Gasteiger partial charge in [-0.1, -0.05) is 270 Å². The number of hydrogen-bond donors (Lipinski definition) is 2. The molecule has 0 saturated carbocycles. The first-order valence-corrected chi connectivity index (χ1v) is 29.5. The van der Waals surface area contributed by atoms with Crippen LogP contribution in [0.2, 0.25) is 0 Å². The second-order valence-corrected chi connectivity index (χ2v) is 22.1. The average Bonchev–Trinajstić information content (AvgIpc) is 3.25. The molecule has 64 heavy (non-hydrogen) atoms. The fraction of sp³-hybridized carbons (Fsp3) is 0.945. The minimum absolute atomic E-state index is 0.00192. The zero-order valence-electron chi connectivity index (χ0n) is 43.5. The summed E-state index contributed by atoms with van der Waals surface area (Å²) in [6, 6.07) is -0.879. The summed E-state index contributed by atoms with van der Waals surface area (Å²) < 4.78 is 23.2. The van der Waals surface area contributed by atoms with Crippen molar-refractivity contribution >= 4 is 13.7 Å². The molecule has 0 saturated heterocycles. The van der Waals surface area contributed by atoms with E-state index in [1.165, 1.54) is 225 Å². The van der Waals surface area contributed by atoms with Gasteiger partial charge in [0.2, 0.25) is 5.91 Å². The Kier molecular flexibility index (Phi) is 46.8. The van der Waals surface area contributed by atoms with Gasteiger partial charge in [-0.2, -0.15) is 0 Å². The summed E-state index contributed by atoms with van der Waals surface area (Å²) in [5, 5.41) is 13.8. The standard InChI is InChI=1S/C55H111N2O6P/c1-6-8-10-12-14-16-17-18-19-20-21-22-23-24-25-26-27-28-29-30-31-32-33-34-35-36-37-38-39-41-43-45-47-49-55(59)56-53(52-63-64(60,61)62-51-50-57(3,4)5)54(58)48-46-44-42-40-15-13-11-9-7-2/h46,48,53-54,58H,6-45,47,49-52H2,1-5H3,(H-,56,59,60,61)/b48-46+. The van der Waals surface area contributed by atoms with E-state index in [4.69, 9.17) is 9.05 Å².